The first-order chi connectivity index (χ1) is 7.74. The second kappa shape index (κ2) is 5.63. The Morgan fingerprint density at radius 1 is 1.25 bits per heavy atom. The van der Waals surface area contributed by atoms with Gasteiger partial charge in [0, 0.05) is 21.7 Å². The molecule has 2 nitrogen and oxygen atoms in total. The Morgan fingerprint density at radius 2 is 2.00 bits per heavy atom. The highest BCUT2D eigenvalue weighted by Gasteiger charge is 1.99. The average Bonchev–Trinajstić information content (AvgIpc) is 2.28. The predicted octanol–water partition coefficient (Wildman–Crippen LogP) is 3.68. The Bertz CT molecular complexity index is 471. The van der Waals surface area contributed by atoms with Gasteiger partial charge in [-0.15, -0.1) is 0 Å². The van der Waals surface area contributed by atoms with Crippen LogP contribution in [0.25, 0.3) is 0 Å². The van der Waals surface area contributed by atoms with E-state index in [4.69, 9.17) is 0 Å². The zero-order valence-corrected chi connectivity index (χ0v) is 11.8. The van der Waals surface area contributed by atoms with Crippen LogP contribution < -0.4 is 0 Å². The molecule has 0 radical (unpaired) electrons. The molecule has 0 N–H and O–H groups in total. The molecule has 0 spiro atoms. The van der Waals surface area contributed by atoms with Gasteiger partial charge in [0.1, 0.15) is 0 Å². The highest BCUT2D eigenvalue weighted by molar-refractivity contribution is 14.1. The fourth-order valence-corrected chi connectivity index (χ4v) is 2.33. The van der Waals surface area contributed by atoms with Crippen molar-refractivity contribution in [2.75, 3.05) is 0 Å². The molecule has 0 amide bonds. The summed E-state index contributed by atoms with van der Waals surface area (Å²) in [6.45, 7) is 2.11. The second-order valence-electron chi connectivity index (χ2n) is 3.46. The van der Waals surface area contributed by atoms with Crippen LogP contribution in [-0.2, 0) is 5.75 Å². The van der Waals surface area contributed by atoms with Crippen molar-refractivity contribution in [1.82, 2.24) is 9.97 Å². The smallest absolute Gasteiger partial charge is 0.187 e. The van der Waals surface area contributed by atoms with Crippen molar-refractivity contribution >= 4 is 34.4 Å². The quantitative estimate of drug-likeness (QED) is 0.483. The van der Waals surface area contributed by atoms with Gasteiger partial charge in [0.15, 0.2) is 5.16 Å². The fraction of sp³-hybridized carbons (Fsp3) is 0.167. The van der Waals surface area contributed by atoms with Gasteiger partial charge >= 0.3 is 0 Å². The lowest BCUT2D eigenvalue weighted by Gasteiger charge is -2.01. The largest absolute Gasteiger partial charge is 0.230 e. The number of aryl methyl sites for hydroxylation is 1. The van der Waals surface area contributed by atoms with Crippen LogP contribution >= 0.6 is 34.4 Å². The van der Waals surface area contributed by atoms with Crippen molar-refractivity contribution in [2.45, 2.75) is 17.8 Å². The summed E-state index contributed by atoms with van der Waals surface area (Å²) in [5.41, 5.74) is 2.61. The second-order valence-corrected chi connectivity index (χ2v) is 5.65. The summed E-state index contributed by atoms with van der Waals surface area (Å²) in [6.07, 6.45) is 3.68. The molecule has 1 aromatic heterocycles. The molecule has 0 bridgehead atoms. The van der Waals surface area contributed by atoms with E-state index in [9.17, 15) is 0 Å². The van der Waals surface area contributed by atoms with E-state index in [1.165, 1.54) is 11.1 Å². The van der Waals surface area contributed by atoms with Crippen molar-refractivity contribution in [1.29, 1.82) is 0 Å². The number of hydrogen-bond donors (Lipinski definition) is 0. The summed E-state index contributed by atoms with van der Waals surface area (Å²) in [4.78, 5) is 8.52. The molecule has 0 atom stereocenters. The van der Waals surface area contributed by atoms with Gasteiger partial charge in [0.05, 0.1) is 0 Å². The van der Waals surface area contributed by atoms with E-state index in [1.807, 2.05) is 12.4 Å². The molecule has 1 aromatic carbocycles. The normalized spacial score (nSPS) is 10.4. The minimum atomic E-state index is 0.835. The van der Waals surface area contributed by atoms with Crippen LogP contribution in [0.1, 0.15) is 11.1 Å². The van der Waals surface area contributed by atoms with Gasteiger partial charge in [0.25, 0.3) is 0 Å². The standard InChI is InChI=1S/C12H11IN2S/c1-9-3-2-4-10(5-9)8-16-12-14-6-11(13)7-15-12/h2-7H,8H2,1H3. The van der Waals surface area contributed by atoms with Crippen molar-refractivity contribution in [3.63, 3.8) is 0 Å². The van der Waals surface area contributed by atoms with E-state index in [0.717, 1.165) is 14.5 Å². The number of benzene rings is 1. The maximum absolute atomic E-state index is 4.26. The lowest BCUT2D eigenvalue weighted by Crippen LogP contribution is -1.88. The molecule has 2 rings (SSSR count). The highest BCUT2D eigenvalue weighted by atomic mass is 127. The van der Waals surface area contributed by atoms with Gasteiger partial charge in [-0.25, -0.2) is 9.97 Å². The molecule has 0 saturated carbocycles. The topological polar surface area (TPSA) is 25.8 Å². The van der Waals surface area contributed by atoms with Crippen LogP contribution in [0.3, 0.4) is 0 Å². The maximum Gasteiger partial charge on any atom is 0.187 e. The lowest BCUT2D eigenvalue weighted by molar-refractivity contribution is 0.956. The predicted molar refractivity (Wildman–Crippen MR) is 75.5 cm³/mol. The van der Waals surface area contributed by atoms with Crippen molar-refractivity contribution in [2.24, 2.45) is 0 Å². The van der Waals surface area contributed by atoms with Gasteiger partial charge in [-0.3, -0.25) is 0 Å². The van der Waals surface area contributed by atoms with E-state index in [-0.39, 0.29) is 0 Å². The number of hydrogen-bond acceptors (Lipinski definition) is 3. The molecule has 0 aliphatic rings. The number of nitrogens with zero attached hydrogens (tertiary/aromatic N) is 2. The van der Waals surface area contributed by atoms with Crippen molar-refractivity contribution < 1.29 is 0 Å². The minimum absolute atomic E-state index is 0.835. The van der Waals surface area contributed by atoms with Gasteiger partial charge in [0.2, 0.25) is 0 Å². The number of aromatic nitrogens is 2. The molecule has 0 saturated heterocycles. The Hall–Kier alpha value is -0.620. The van der Waals surface area contributed by atoms with E-state index in [0.29, 0.717) is 0 Å². The third kappa shape index (κ3) is 3.45. The zero-order valence-electron chi connectivity index (χ0n) is 8.85. The van der Waals surface area contributed by atoms with Gasteiger partial charge in [-0.05, 0) is 35.1 Å². The molecule has 1 heterocycles. The van der Waals surface area contributed by atoms with Gasteiger partial charge in [-0.1, -0.05) is 41.6 Å². The first-order valence-electron chi connectivity index (χ1n) is 4.90. The van der Waals surface area contributed by atoms with E-state index >= 15 is 0 Å². The lowest BCUT2D eigenvalue weighted by atomic mass is 10.2. The summed E-state index contributed by atoms with van der Waals surface area (Å²) in [6, 6.07) is 8.52. The van der Waals surface area contributed by atoms with Crippen molar-refractivity contribution in [3.8, 4) is 0 Å². The average molecular weight is 342 g/mol. The molecule has 82 valence electrons. The fourth-order valence-electron chi connectivity index (χ4n) is 1.32. The first-order valence-corrected chi connectivity index (χ1v) is 6.96. The summed E-state index contributed by atoms with van der Waals surface area (Å²) in [5.74, 6) is 0.919. The maximum atomic E-state index is 4.26. The van der Waals surface area contributed by atoms with E-state index in [1.54, 1.807) is 11.8 Å². The molecular weight excluding hydrogens is 331 g/mol. The number of halogens is 1. The molecule has 0 unspecified atom stereocenters. The summed E-state index contributed by atoms with van der Waals surface area (Å²) < 4.78 is 1.07. The Morgan fingerprint density at radius 3 is 2.69 bits per heavy atom. The Balaban J connectivity index is 1.99. The first kappa shape index (κ1) is 11.9. The third-order valence-corrected chi connectivity index (χ3v) is 3.55. The van der Waals surface area contributed by atoms with Crippen LogP contribution in [0.5, 0.6) is 0 Å². The Labute approximate surface area is 113 Å². The summed E-state index contributed by atoms with van der Waals surface area (Å²) in [7, 11) is 0. The zero-order chi connectivity index (χ0) is 11.4. The van der Waals surface area contributed by atoms with Crippen molar-refractivity contribution in [3.05, 3.63) is 51.4 Å². The third-order valence-electron chi connectivity index (χ3n) is 2.05. The van der Waals surface area contributed by atoms with Crippen LogP contribution in [0, 0.1) is 10.5 Å². The van der Waals surface area contributed by atoms with Crippen LogP contribution in [0.15, 0.2) is 41.8 Å². The van der Waals surface area contributed by atoms with Gasteiger partial charge < -0.3 is 0 Å². The number of thioether (sulfide) groups is 1. The molecule has 0 fully saturated rings. The monoisotopic (exact) mass is 342 g/mol. The molecule has 2 aromatic rings. The van der Waals surface area contributed by atoms with Crippen LogP contribution in [0.2, 0.25) is 0 Å². The van der Waals surface area contributed by atoms with E-state index in [2.05, 4.69) is 63.7 Å². The van der Waals surface area contributed by atoms with E-state index < -0.39 is 0 Å². The SMILES string of the molecule is Cc1cccc(CSc2ncc(I)cn2)c1. The summed E-state index contributed by atoms with van der Waals surface area (Å²) >= 11 is 3.87. The molecule has 4 heteroatoms. The molecule has 0 aliphatic carbocycles. The minimum Gasteiger partial charge on any atom is -0.230 e. The molecular formula is C12H11IN2S. The van der Waals surface area contributed by atoms with Gasteiger partial charge in [-0.2, -0.15) is 0 Å². The molecule has 0 aliphatic heterocycles. The summed E-state index contributed by atoms with van der Waals surface area (Å²) in [5, 5.41) is 0.835. The van der Waals surface area contributed by atoms with Crippen LogP contribution in [0.4, 0.5) is 0 Å². The highest BCUT2D eigenvalue weighted by Crippen LogP contribution is 2.19. The van der Waals surface area contributed by atoms with Crippen LogP contribution in [-0.4, -0.2) is 9.97 Å². The number of rotatable bonds is 3. The molecule has 16 heavy (non-hydrogen) atoms. The Kier molecular flexibility index (Phi) is 4.17.